The minimum atomic E-state index is -0.481. The summed E-state index contributed by atoms with van der Waals surface area (Å²) < 4.78 is 0. The Hall–Kier alpha value is -2.90. The van der Waals surface area contributed by atoms with Gasteiger partial charge in [-0.2, -0.15) is 0 Å². The van der Waals surface area contributed by atoms with E-state index < -0.39 is 11.8 Å². The van der Waals surface area contributed by atoms with Crippen molar-refractivity contribution in [2.45, 2.75) is 24.8 Å². The second kappa shape index (κ2) is 9.54. The molecular weight excluding hydrogens is 408 g/mol. The lowest BCUT2D eigenvalue weighted by atomic mass is 10.1. The average Bonchev–Trinajstić information content (AvgIpc) is 2.70. The Labute approximate surface area is 178 Å². The Kier molecular flexibility index (Phi) is 6.85. The van der Waals surface area contributed by atoms with Crippen LogP contribution < -0.4 is 10.9 Å². The fourth-order valence-corrected chi connectivity index (χ4v) is 3.68. The molecule has 0 atom stereocenters. The Morgan fingerprint density at radius 1 is 0.931 bits per heavy atom. The lowest BCUT2D eigenvalue weighted by Crippen LogP contribution is -2.41. The van der Waals surface area contributed by atoms with Crippen molar-refractivity contribution in [3.63, 3.8) is 0 Å². The molecule has 0 bridgehead atoms. The molecule has 29 heavy (non-hydrogen) atoms. The van der Waals surface area contributed by atoms with Crippen LogP contribution in [0.2, 0.25) is 5.02 Å². The summed E-state index contributed by atoms with van der Waals surface area (Å²) in [6, 6.07) is 15.7. The molecule has 0 spiro atoms. The lowest BCUT2D eigenvalue weighted by Gasteiger charge is -2.09. The van der Waals surface area contributed by atoms with Crippen molar-refractivity contribution in [3.8, 4) is 0 Å². The van der Waals surface area contributed by atoms with Crippen LogP contribution in [0.3, 0.4) is 0 Å². The number of aromatic nitrogens is 2. The quantitative estimate of drug-likeness (QED) is 0.364. The normalized spacial score (nSPS) is 10.4. The van der Waals surface area contributed by atoms with Crippen LogP contribution in [0.5, 0.6) is 0 Å². The van der Waals surface area contributed by atoms with Gasteiger partial charge in [0, 0.05) is 22.7 Å². The highest BCUT2D eigenvalue weighted by molar-refractivity contribution is 7.98. The molecule has 0 fully saturated rings. The summed E-state index contributed by atoms with van der Waals surface area (Å²) in [7, 11) is 0. The Morgan fingerprint density at radius 2 is 1.55 bits per heavy atom. The van der Waals surface area contributed by atoms with Crippen LogP contribution in [-0.4, -0.2) is 21.8 Å². The highest BCUT2D eigenvalue weighted by Gasteiger charge is 2.11. The maximum atomic E-state index is 12.2. The first kappa shape index (κ1) is 20.8. The molecule has 0 aliphatic rings. The van der Waals surface area contributed by atoms with Crippen LogP contribution in [0.1, 0.15) is 37.7 Å². The molecular formula is C21H19ClN4O2S. The second-order valence-corrected chi connectivity index (χ2v) is 7.66. The zero-order chi connectivity index (χ0) is 20.8. The van der Waals surface area contributed by atoms with Crippen LogP contribution >= 0.6 is 23.4 Å². The number of amides is 2. The average molecular weight is 427 g/mol. The number of halogens is 1. The Bertz CT molecular complexity index is 1020. The molecule has 3 aromatic rings. The molecule has 6 nitrogen and oxygen atoms in total. The third-order valence-corrected chi connectivity index (χ3v) is 5.20. The first-order chi connectivity index (χ1) is 13.9. The van der Waals surface area contributed by atoms with Gasteiger partial charge in [-0.25, -0.2) is 9.97 Å². The predicted octanol–water partition coefficient (Wildman–Crippen LogP) is 4.11. The number of carbonyl (C=O) groups excluding carboxylic acids is 2. The van der Waals surface area contributed by atoms with Crippen molar-refractivity contribution < 1.29 is 9.59 Å². The predicted molar refractivity (Wildman–Crippen MR) is 114 cm³/mol. The summed E-state index contributed by atoms with van der Waals surface area (Å²) in [6.07, 6.45) is 0. The van der Waals surface area contributed by atoms with Crippen molar-refractivity contribution in [1.29, 1.82) is 0 Å². The number of carbonyl (C=O) groups is 2. The highest BCUT2D eigenvalue weighted by atomic mass is 35.5. The fraction of sp³-hybridized carbons (Fsp3) is 0.143. The summed E-state index contributed by atoms with van der Waals surface area (Å²) >= 11 is 7.51. The Morgan fingerprint density at radius 3 is 2.21 bits per heavy atom. The number of hydrogen-bond acceptors (Lipinski definition) is 5. The molecule has 0 saturated carbocycles. The molecule has 2 amide bonds. The van der Waals surface area contributed by atoms with Gasteiger partial charge >= 0.3 is 0 Å². The smallest absolute Gasteiger partial charge is 0.267 e. The van der Waals surface area contributed by atoms with E-state index in [4.69, 9.17) is 11.6 Å². The van der Waals surface area contributed by atoms with Gasteiger partial charge in [0.2, 0.25) is 0 Å². The first-order valence-corrected chi connectivity index (χ1v) is 10.2. The molecule has 1 aromatic heterocycles. The summed E-state index contributed by atoms with van der Waals surface area (Å²) in [4.78, 5) is 33.2. The van der Waals surface area contributed by atoms with E-state index in [1.165, 1.54) is 11.8 Å². The van der Waals surface area contributed by atoms with Gasteiger partial charge in [-0.15, -0.1) is 0 Å². The molecule has 0 saturated heterocycles. The van der Waals surface area contributed by atoms with E-state index in [0.29, 0.717) is 16.3 Å². The fourth-order valence-electron chi connectivity index (χ4n) is 2.56. The van der Waals surface area contributed by atoms with Gasteiger partial charge in [-0.3, -0.25) is 20.4 Å². The number of nitrogens with one attached hydrogen (secondary N) is 2. The van der Waals surface area contributed by atoms with Gasteiger partial charge in [-0.05, 0) is 49.7 Å². The van der Waals surface area contributed by atoms with Crippen molar-refractivity contribution in [3.05, 3.63) is 87.7 Å². The minimum absolute atomic E-state index is 0.287. The SMILES string of the molecule is Cc1cc(C)nc(SCc2ccc(C(=O)NNC(=O)c3ccccc3Cl)cc2)n1. The van der Waals surface area contributed by atoms with Crippen LogP contribution in [0, 0.1) is 13.8 Å². The first-order valence-electron chi connectivity index (χ1n) is 8.81. The van der Waals surface area contributed by atoms with Crippen molar-refractivity contribution in [2.75, 3.05) is 0 Å². The maximum Gasteiger partial charge on any atom is 0.271 e. The Balaban J connectivity index is 1.54. The van der Waals surface area contributed by atoms with Crippen molar-refractivity contribution >= 4 is 35.2 Å². The summed E-state index contributed by atoms with van der Waals surface area (Å²) in [5.74, 6) is -0.207. The maximum absolute atomic E-state index is 12.2. The third-order valence-electron chi connectivity index (χ3n) is 3.95. The molecule has 0 aliphatic heterocycles. The molecule has 3 rings (SSSR count). The topological polar surface area (TPSA) is 84.0 Å². The molecule has 8 heteroatoms. The van der Waals surface area contributed by atoms with E-state index in [2.05, 4.69) is 20.8 Å². The van der Waals surface area contributed by atoms with Gasteiger partial charge in [0.1, 0.15) is 0 Å². The van der Waals surface area contributed by atoms with E-state index >= 15 is 0 Å². The number of hydrazine groups is 1. The number of rotatable bonds is 5. The third kappa shape index (κ3) is 5.79. The van der Waals surface area contributed by atoms with Crippen LogP contribution in [0.15, 0.2) is 59.8 Å². The largest absolute Gasteiger partial charge is 0.271 e. The van der Waals surface area contributed by atoms with E-state index in [-0.39, 0.29) is 5.56 Å². The van der Waals surface area contributed by atoms with Crippen LogP contribution in [-0.2, 0) is 5.75 Å². The van der Waals surface area contributed by atoms with Crippen LogP contribution in [0.25, 0.3) is 0 Å². The summed E-state index contributed by atoms with van der Waals surface area (Å²) in [6.45, 7) is 3.88. The number of aryl methyl sites for hydroxylation is 2. The number of benzene rings is 2. The van der Waals surface area contributed by atoms with E-state index in [0.717, 1.165) is 22.1 Å². The standard InChI is InChI=1S/C21H19ClN4O2S/c1-13-11-14(2)24-21(23-13)29-12-15-7-9-16(10-8-15)19(27)25-26-20(28)17-5-3-4-6-18(17)22/h3-11H,12H2,1-2H3,(H,25,27)(H,26,28). The molecule has 0 aliphatic carbocycles. The zero-order valence-electron chi connectivity index (χ0n) is 15.9. The van der Waals surface area contributed by atoms with Gasteiger partial charge in [0.15, 0.2) is 5.16 Å². The highest BCUT2D eigenvalue weighted by Crippen LogP contribution is 2.20. The molecule has 0 unspecified atom stereocenters. The summed E-state index contributed by atoms with van der Waals surface area (Å²) in [5, 5.41) is 1.04. The molecule has 2 N–H and O–H groups in total. The number of thioether (sulfide) groups is 1. The van der Waals surface area contributed by atoms with Gasteiger partial charge in [-0.1, -0.05) is 47.6 Å². The van der Waals surface area contributed by atoms with Gasteiger partial charge in [0.25, 0.3) is 11.8 Å². The monoisotopic (exact) mass is 426 g/mol. The lowest BCUT2D eigenvalue weighted by molar-refractivity contribution is 0.0846. The zero-order valence-corrected chi connectivity index (χ0v) is 17.5. The molecule has 0 radical (unpaired) electrons. The van der Waals surface area contributed by atoms with Crippen molar-refractivity contribution in [1.82, 2.24) is 20.8 Å². The van der Waals surface area contributed by atoms with E-state index in [1.807, 2.05) is 32.0 Å². The molecule has 1 heterocycles. The second-order valence-electron chi connectivity index (χ2n) is 6.31. The van der Waals surface area contributed by atoms with Crippen LogP contribution in [0.4, 0.5) is 0 Å². The number of nitrogens with zero attached hydrogens (tertiary/aromatic N) is 2. The van der Waals surface area contributed by atoms with Gasteiger partial charge in [0.05, 0.1) is 10.6 Å². The summed E-state index contributed by atoms with van der Waals surface area (Å²) in [5.41, 5.74) is 8.39. The minimum Gasteiger partial charge on any atom is -0.267 e. The molecule has 148 valence electrons. The van der Waals surface area contributed by atoms with E-state index in [9.17, 15) is 9.59 Å². The number of hydrogen-bond donors (Lipinski definition) is 2. The van der Waals surface area contributed by atoms with Crippen molar-refractivity contribution in [2.24, 2.45) is 0 Å². The van der Waals surface area contributed by atoms with Gasteiger partial charge < -0.3 is 0 Å². The molecule has 2 aromatic carbocycles. The van der Waals surface area contributed by atoms with E-state index in [1.54, 1.807) is 36.4 Å².